The molecular weight excluding hydrogens is 342 g/mol. The highest BCUT2D eigenvalue weighted by atomic mass is 32.2. The van der Waals surface area contributed by atoms with Crippen molar-refractivity contribution in [1.82, 2.24) is 15.2 Å². The fourth-order valence-electron chi connectivity index (χ4n) is 3.10. The number of carbonyl (C=O) groups is 1. The van der Waals surface area contributed by atoms with Crippen LogP contribution in [0.25, 0.3) is 5.57 Å². The number of benzene rings is 1. The zero-order valence-corrected chi connectivity index (χ0v) is 15.0. The molecule has 2 heterocycles. The van der Waals surface area contributed by atoms with Gasteiger partial charge >= 0.3 is 5.97 Å². The molecule has 2 unspecified atom stereocenters. The number of sulfonamides is 1. The van der Waals surface area contributed by atoms with Crippen LogP contribution in [-0.4, -0.2) is 49.8 Å². The Morgan fingerprint density at radius 2 is 2.04 bits per heavy atom. The summed E-state index contributed by atoms with van der Waals surface area (Å²) in [5, 5.41) is -0.825. The van der Waals surface area contributed by atoms with Crippen LogP contribution < -0.4 is 10.9 Å². The normalized spacial score (nSPS) is 24.8. The summed E-state index contributed by atoms with van der Waals surface area (Å²) in [7, 11) is -3.54. The Kier molecular flexibility index (Phi) is 5.53. The van der Waals surface area contributed by atoms with Gasteiger partial charge in [-0.1, -0.05) is 36.4 Å². The molecule has 0 aromatic heterocycles. The third-order valence-electron chi connectivity index (χ3n) is 4.48. The van der Waals surface area contributed by atoms with E-state index < -0.39 is 27.4 Å². The molecule has 1 saturated heterocycles. The molecule has 1 aromatic rings. The summed E-state index contributed by atoms with van der Waals surface area (Å²) in [6.07, 6.45) is 2.79. The van der Waals surface area contributed by atoms with Crippen molar-refractivity contribution >= 4 is 21.6 Å². The summed E-state index contributed by atoms with van der Waals surface area (Å²) < 4.78 is 32.0. The predicted molar refractivity (Wildman–Crippen MR) is 94.6 cm³/mol. The minimum Gasteiger partial charge on any atom is -0.465 e. The molecular formula is C17H23N3O4S. The molecule has 2 aliphatic heterocycles. The van der Waals surface area contributed by atoms with Crippen LogP contribution in [0.15, 0.2) is 36.4 Å². The molecule has 2 N–H and O–H groups in total. The first-order chi connectivity index (χ1) is 12.0. The number of ether oxygens (including phenoxy) is 1. The van der Waals surface area contributed by atoms with Crippen LogP contribution in [0, 0.1) is 0 Å². The standard InChI is InChI=1S/C17H23N3O4S/c1-2-24-17(21)15-12-16(19-18-15)25(22,23)20-10-8-14(9-11-20)13-6-4-3-5-7-13/h3-8,15-16,18-19H,2,9-12H2,1H3. The maximum Gasteiger partial charge on any atom is 0.324 e. The Hall–Kier alpha value is -1.74. The second-order valence-electron chi connectivity index (χ2n) is 6.07. The quantitative estimate of drug-likeness (QED) is 0.753. The van der Waals surface area contributed by atoms with Crippen LogP contribution in [0.4, 0.5) is 0 Å². The van der Waals surface area contributed by atoms with Crippen LogP contribution in [-0.2, 0) is 19.6 Å². The van der Waals surface area contributed by atoms with Crippen LogP contribution >= 0.6 is 0 Å². The van der Waals surface area contributed by atoms with Crippen molar-refractivity contribution in [2.75, 3.05) is 19.7 Å². The second-order valence-corrected chi connectivity index (χ2v) is 8.18. The van der Waals surface area contributed by atoms with E-state index in [4.69, 9.17) is 4.74 Å². The highest BCUT2D eigenvalue weighted by molar-refractivity contribution is 7.89. The van der Waals surface area contributed by atoms with Crippen molar-refractivity contribution in [3.63, 3.8) is 0 Å². The van der Waals surface area contributed by atoms with Gasteiger partial charge in [-0.05, 0) is 24.5 Å². The highest BCUT2D eigenvalue weighted by Crippen LogP contribution is 2.25. The first-order valence-electron chi connectivity index (χ1n) is 8.43. The van der Waals surface area contributed by atoms with Gasteiger partial charge in [0.05, 0.1) is 6.61 Å². The largest absolute Gasteiger partial charge is 0.465 e. The van der Waals surface area contributed by atoms with Crippen molar-refractivity contribution in [2.45, 2.75) is 31.2 Å². The van der Waals surface area contributed by atoms with Gasteiger partial charge in [-0.3, -0.25) is 4.79 Å². The summed E-state index contributed by atoms with van der Waals surface area (Å²) in [6, 6.07) is 9.33. The second kappa shape index (κ2) is 7.65. The van der Waals surface area contributed by atoms with Gasteiger partial charge in [0.15, 0.2) is 0 Å². The van der Waals surface area contributed by atoms with Crippen LogP contribution in [0.3, 0.4) is 0 Å². The third kappa shape index (κ3) is 3.92. The number of carbonyl (C=O) groups excluding carboxylic acids is 1. The minimum atomic E-state index is -3.54. The molecule has 1 aromatic carbocycles. The zero-order chi connectivity index (χ0) is 17.9. The fraction of sp³-hybridized carbons (Fsp3) is 0.471. The molecule has 0 amide bonds. The van der Waals surface area contributed by atoms with E-state index in [9.17, 15) is 13.2 Å². The van der Waals surface area contributed by atoms with Gasteiger partial charge in [-0.2, -0.15) is 4.31 Å². The van der Waals surface area contributed by atoms with E-state index in [0.717, 1.165) is 11.1 Å². The summed E-state index contributed by atoms with van der Waals surface area (Å²) >= 11 is 0. The van der Waals surface area contributed by atoms with Gasteiger partial charge in [-0.25, -0.2) is 19.3 Å². The maximum absolute atomic E-state index is 12.8. The summed E-state index contributed by atoms with van der Waals surface area (Å²) in [5.74, 6) is -0.433. The lowest BCUT2D eigenvalue weighted by Crippen LogP contribution is -2.46. The van der Waals surface area contributed by atoms with Gasteiger partial charge in [0, 0.05) is 19.5 Å². The van der Waals surface area contributed by atoms with E-state index in [0.29, 0.717) is 19.5 Å². The number of nitrogens with zero attached hydrogens (tertiary/aromatic N) is 1. The molecule has 0 bridgehead atoms. The predicted octanol–water partition coefficient (Wildman–Crippen LogP) is 0.861. The Morgan fingerprint density at radius 3 is 2.68 bits per heavy atom. The van der Waals surface area contributed by atoms with Crippen LogP contribution in [0.5, 0.6) is 0 Å². The van der Waals surface area contributed by atoms with Crippen molar-refractivity contribution in [3.05, 3.63) is 42.0 Å². The molecule has 0 radical (unpaired) electrons. The topological polar surface area (TPSA) is 87.7 Å². The number of nitrogens with one attached hydrogen (secondary N) is 2. The highest BCUT2D eigenvalue weighted by Gasteiger charge is 2.41. The van der Waals surface area contributed by atoms with Gasteiger partial charge in [0.25, 0.3) is 0 Å². The van der Waals surface area contributed by atoms with Crippen molar-refractivity contribution in [1.29, 1.82) is 0 Å². The smallest absolute Gasteiger partial charge is 0.324 e. The molecule has 0 saturated carbocycles. The molecule has 136 valence electrons. The SMILES string of the molecule is CCOC(=O)C1CC(S(=O)(=O)N2CC=C(c3ccccc3)CC2)NN1. The molecule has 0 spiro atoms. The van der Waals surface area contributed by atoms with Crippen LogP contribution in [0.1, 0.15) is 25.3 Å². The third-order valence-corrected chi connectivity index (χ3v) is 6.56. The van der Waals surface area contributed by atoms with E-state index in [1.807, 2.05) is 36.4 Å². The average Bonchev–Trinajstić information content (AvgIpc) is 3.14. The molecule has 2 atom stereocenters. The molecule has 25 heavy (non-hydrogen) atoms. The van der Waals surface area contributed by atoms with Gasteiger partial charge in [0.1, 0.15) is 11.4 Å². The van der Waals surface area contributed by atoms with Crippen molar-refractivity contribution < 1.29 is 17.9 Å². The first kappa shape index (κ1) is 18.1. The van der Waals surface area contributed by atoms with Crippen molar-refractivity contribution in [3.8, 4) is 0 Å². The van der Waals surface area contributed by atoms with Crippen molar-refractivity contribution in [2.24, 2.45) is 0 Å². The van der Waals surface area contributed by atoms with Gasteiger partial charge in [-0.15, -0.1) is 0 Å². The summed E-state index contributed by atoms with van der Waals surface area (Å²) in [4.78, 5) is 11.8. The van der Waals surface area contributed by atoms with E-state index >= 15 is 0 Å². The number of hydrogen-bond acceptors (Lipinski definition) is 6. The Bertz CT molecular complexity index is 748. The fourth-order valence-corrected chi connectivity index (χ4v) is 4.74. The Balaban J connectivity index is 1.64. The Morgan fingerprint density at radius 1 is 1.28 bits per heavy atom. The minimum absolute atomic E-state index is 0.160. The molecule has 2 aliphatic rings. The molecule has 0 aliphatic carbocycles. The Labute approximate surface area is 148 Å². The van der Waals surface area contributed by atoms with Gasteiger partial charge < -0.3 is 4.74 Å². The number of rotatable bonds is 5. The monoisotopic (exact) mass is 365 g/mol. The first-order valence-corrected chi connectivity index (χ1v) is 9.93. The lowest BCUT2D eigenvalue weighted by Gasteiger charge is -2.28. The van der Waals surface area contributed by atoms with E-state index in [-0.39, 0.29) is 13.0 Å². The molecule has 3 rings (SSSR count). The lowest BCUT2D eigenvalue weighted by molar-refractivity contribution is -0.145. The lowest BCUT2D eigenvalue weighted by atomic mass is 10.0. The maximum atomic E-state index is 12.8. The molecule has 7 nitrogen and oxygen atoms in total. The number of hydrogen-bond donors (Lipinski definition) is 2. The zero-order valence-electron chi connectivity index (χ0n) is 14.1. The van der Waals surface area contributed by atoms with E-state index in [1.165, 1.54) is 4.31 Å². The molecule has 1 fully saturated rings. The average molecular weight is 365 g/mol. The van der Waals surface area contributed by atoms with Gasteiger partial charge in [0.2, 0.25) is 10.0 Å². The number of hydrazine groups is 1. The van der Waals surface area contributed by atoms with E-state index in [2.05, 4.69) is 10.9 Å². The van der Waals surface area contributed by atoms with Crippen LogP contribution in [0.2, 0.25) is 0 Å². The van der Waals surface area contributed by atoms with E-state index in [1.54, 1.807) is 6.92 Å². The molecule has 8 heteroatoms. The summed E-state index contributed by atoms with van der Waals surface area (Å²) in [6.45, 7) is 2.77. The number of esters is 1. The summed E-state index contributed by atoms with van der Waals surface area (Å²) in [5.41, 5.74) is 7.74.